The van der Waals surface area contributed by atoms with Crippen LogP contribution in [-0.2, 0) is 4.79 Å². The van der Waals surface area contributed by atoms with Crippen molar-refractivity contribution < 1.29 is 19.5 Å². The molecule has 0 saturated carbocycles. The van der Waals surface area contributed by atoms with Crippen LogP contribution in [-0.4, -0.2) is 40.9 Å². The smallest absolute Gasteiger partial charge is 0.345 e. The zero-order valence-electron chi connectivity index (χ0n) is 14.3. The molecule has 0 aliphatic rings. The highest BCUT2D eigenvalue weighted by molar-refractivity contribution is 7.15. The number of carbonyl (C=O) groups is 3. The van der Waals surface area contributed by atoms with Crippen LogP contribution in [0.2, 0.25) is 0 Å². The molecule has 0 radical (unpaired) electrons. The predicted octanol–water partition coefficient (Wildman–Crippen LogP) is 3.16. The van der Waals surface area contributed by atoms with Crippen LogP contribution in [0.25, 0.3) is 0 Å². The first-order valence-electron chi connectivity index (χ1n) is 7.82. The molecule has 2 amide bonds. The highest BCUT2D eigenvalue weighted by Gasteiger charge is 2.21. The predicted molar refractivity (Wildman–Crippen MR) is 97.4 cm³/mol. The van der Waals surface area contributed by atoms with E-state index >= 15 is 0 Å². The van der Waals surface area contributed by atoms with Crippen LogP contribution in [0.15, 0.2) is 30.3 Å². The van der Waals surface area contributed by atoms with Gasteiger partial charge < -0.3 is 15.3 Å². The summed E-state index contributed by atoms with van der Waals surface area (Å²) >= 11 is 0.906. The van der Waals surface area contributed by atoms with Crippen molar-refractivity contribution in [3.05, 3.63) is 51.2 Å². The molecule has 0 atom stereocenters. The molecule has 1 aromatic heterocycles. The quantitative estimate of drug-likeness (QED) is 0.828. The number of para-hydroxylation sites is 1. The normalized spacial score (nSPS) is 10.4. The van der Waals surface area contributed by atoms with E-state index in [-0.39, 0.29) is 23.2 Å². The SMILES string of the molecule is CCN(CC(=O)Nc1c(C)cccc1C)C(=O)c1ccc(C(=O)O)s1. The van der Waals surface area contributed by atoms with Crippen molar-refractivity contribution in [1.82, 2.24) is 4.90 Å². The summed E-state index contributed by atoms with van der Waals surface area (Å²) in [5.41, 5.74) is 2.65. The van der Waals surface area contributed by atoms with Crippen LogP contribution >= 0.6 is 11.3 Å². The average molecular weight is 360 g/mol. The van der Waals surface area contributed by atoms with Crippen LogP contribution in [0.5, 0.6) is 0 Å². The second-order valence-electron chi connectivity index (χ2n) is 5.60. The average Bonchev–Trinajstić information content (AvgIpc) is 3.06. The molecule has 1 heterocycles. The minimum absolute atomic E-state index is 0.0938. The summed E-state index contributed by atoms with van der Waals surface area (Å²) in [5, 5.41) is 11.8. The van der Waals surface area contributed by atoms with Crippen LogP contribution < -0.4 is 5.32 Å². The van der Waals surface area contributed by atoms with E-state index in [4.69, 9.17) is 5.11 Å². The lowest BCUT2D eigenvalue weighted by atomic mass is 10.1. The first-order chi connectivity index (χ1) is 11.8. The molecule has 0 spiro atoms. The van der Waals surface area contributed by atoms with Crippen molar-refractivity contribution in [2.45, 2.75) is 20.8 Å². The van der Waals surface area contributed by atoms with Crippen molar-refractivity contribution >= 4 is 34.8 Å². The number of anilines is 1. The van der Waals surface area contributed by atoms with Crippen LogP contribution in [0, 0.1) is 13.8 Å². The number of likely N-dealkylation sites (N-methyl/N-ethyl adjacent to an activating group) is 1. The molecule has 6 nitrogen and oxygen atoms in total. The Hall–Kier alpha value is -2.67. The van der Waals surface area contributed by atoms with Gasteiger partial charge in [0.25, 0.3) is 5.91 Å². The molecule has 132 valence electrons. The molecule has 2 N–H and O–H groups in total. The molecule has 25 heavy (non-hydrogen) atoms. The number of carbonyl (C=O) groups excluding carboxylic acids is 2. The third-order valence-corrected chi connectivity index (χ3v) is 4.84. The number of aromatic carboxylic acids is 1. The number of nitrogens with one attached hydrogen (secondary N) is 1. The van der Waals surface area contributed by atoms with Crippen LogP contribution in [0.4, 0.5) is 5.69 Å². The van der Waals surface area contributed by atoms with Crippen molar-refractivity contribution in [1.29, 1.82) is 0 Å². The Morgan fingerprint density at radius 2 is 1.68 bits per heavy atom. The fourth-order valence-electron chi connectivity index (χ4n) is 2.41. The van der Waals surface area contributed by atoms with Crippen LogP contribution in [0.3, 0.4) is 0 Å². The molecule has 0 saturated heterocycles. The van der Waals surface area contributed by atoms with Gasteiger partial charge in [0.15, 0.2) is 0 Å². The number of amides is 2. The molecular weight excluding hydrogens is 340 g/mol. The lowest BCUT2D eigenvalue weighted by molar-refractivity contribution is -0.116. The summed E-state index contributed by atoms with van der Waals surface area (Å²) in [6, 6.07) is 8.60. The maximum atomic E-state index is 12.5. The second-order valence-corrected chi connectivity index (χ2v) is 6.69. The van der Waals surface area contributed by atoms with Crippen molar-refractivity contribution in [3.63, 3.8) is 0 Å². The van der Waals surface area contributed by atoms with Crippen molar-refractivity contribution in [3.8, 4) is 0 Å². The molecule has 0 fully saturated rings. The fraction of sp³-hybridized carbons (Fsp3) is 0.278. The Morgan fingerprint density at radius 3 is 2.20 bits per heavy atom. The number of carboxylic acids is 1. The summed E-state index contributed by atoms with van der Waals surface area (Å²) in [5.74, 6) is -1.71. The van der Waals surface area contributed by atoms with E-state index in [0.717, 1.165) is 28.2 Å². The molecule has 1 aromatic carbocycles. The number of nitrogens with zero attached hydrogens (tertiary/aromatic N) is 1. The number of aryl methyl sites for hydroxylation is 2. The maximum absolute atomic E-state index is 12.5. The first-order valence-corrected chi connectivity index (χ1v) is 8.63. The van der Waals surface area contributed by atoms with Crippen molar-refractivity contribution in [2.75, 3.05) is 18.4 Å². The zero-order chi connectivity index (χ0) is 18.6. The minimum Gasteiger partial charge on any atom is -0.477 e. The van der Waals surface area contributed by atoms with Gasteiger partial charge in [0.1, 0.15) is 11.4 Å². The Balaban J connectivity index is 2.09. The second kappa shape index (κ2) is 7.94. The zero-order valence-corrected chi connectivity index (χ0v) is 15.1. The largest absolute Gasteiger partial charge is 0.477 e. The summed E-state index contributed by atoms with van der Waals surface area (Å²) in [6.07, 6.45) is 0. The standard InChI is InChI=1S/C18H20N2O4S/c1-4-20(17(22)13-8-9-14(25-13)18(23)24)10-15(21)19-16-11(2)6-5-7-12(16)3/h5-9H,4,10H2,1-3H3,(H,19,21)(H,23,24). The number of hydrogen-bond donors (Lipinski definition) is 2. The molecule has 7 heteroatoms. The van der Waals surface area contributed by atoms with E-state index in [9.17, 15) is 14.4 Å². The third-order valence-electron chi connectivity index (χ3n) is 3.78. The lowest BCUT2D eigenvalue weighted by Crippen LogP contribution is -2.37. The van der Waals surface area contributed by atoms with Gasteiger partial charge in [-0.3, -0.25) is 9.59 Å². The van der Waals surface area contributed by atoms with E-state index in [0.29, 0.717) is 11.4 Å². The highest BCUT2D eigenvalue weighted by Crippen LogP contribution is 2.20. The molecule has 0 aliphatic carbocycles. The maximum Gasteiger partial charge on any atom is 0.345 e. The van der Waals surface area contributed by atoms with Gasteiger partial charge in [0, 0.05) is 12.2 Å². The third kappa shape index (κ3) is 4.45. The van der Waals surface area contributed by atoms with Gasteiger partial charge >= 0.3 is 5.97 Å². The van der Waals surface area contributed by atoms with E-state index in [1.54, 1.807) is 6.92 Å². The van der Waals surface area contributed by atoms with Crippen LogP contribution in [0.1, 0.15) is 37.4 Å². The first kappa shape index (κ1) is 18.7. The van der Waals surface area contributed by atoms with Gasteiger partial charge in [-0.25, -0.2) is 4.79 Å². The van der Waals surface area contributed by atoms with Gasteiger partial charge in [-0.15, -0.1) is 11.3 Å². The minimum atomic E-state index is -1.07. The molecule has 0 unspecified atom stereocenters. The lowest BCUT2D eigenvalue weighted by Gasteiger charge is -2.20. The molecule has 2 rings (SSSR count). The fourth-order valence-corrected chi connectivity index (χ4v) is 3.23. The number of benzene rings is 1. The summed E-state index contributed by atoms with van der Waals surface area (Å²) in [4.78, 5) is 37.6. The Morgan fingerprint density at radius 1 is 1.08 bits per heavy atom. The Bertz CT molecular complexity index is 793. The monoisotopic (exact) mass is 360 g/mol. The topological polar surface area (TPSA) is 86.7 Å². The number of thiophene rings is 1. The molecular formula is C18H20N2O4S. The van der Waals surface area contributed by atoms with E-state index in [2.05, 4.69) is 5.32 Å². The van der Waals surface area contributed by atoms with Gasteiger partial charge in [-0.1, -0.05) is 18.2 Å². The number of hydrogen-bond acceptors (Lipinski definition) is 4. The van der Waals surface area contributed by atoms with Crippen molar-refractivity contribution in [2.24, 2.45) is 0 Å². The van der Waals surface area contributed by atoms with Gasteiger partial charge in [-0.05, 0) is 44.0 Å². The van der Waals surface area contributed by atoms with E-state index in [1.807, 2.05) is 32.0 Å². The number of rotatable bonds is 6. The van der Waals surface area contributed by atoms with Gasteiger partial charge in [0.2, 0.25) is 5.91 Å². The van der Waals surface area contributed by atoms with E-state index < -0.39 is 5.97 Å². The summed E-state index contributed by atoms with van der Waals surface area (Å²) < 4.78 is 0. The molecule has 0 bridgehead atoms. The number of carboxylic acid groups (broad SMARTS) is 1. The molecule has 0 aliphatic heterocycles. The molecule has 2 aromatic rings. The van der Waals surface area contributed by atoms with E-state index in [1.165, 1.54) is 17.0 Å². The van der Waals surface area contributed by atoms with Gasteiger partial charge in [-0.2, -0.15) is 0 Å². The Kier molecular flexibility index (Phi) is 5.93. The van der Waals surface area contributed by atoms with Gasteiger partial charge in [0.05, 0.1) is 4.88 Å². The summed E-state index contributed by atoms with van der Waals surface area (Å²) in [6.45, 7) is 5.84. The highest BCUT2D eigenvalue weighted by atomic mass is 32.1. The summed E-state index contributed by atoms with van der Waals surface area (Å²) in [7, 11) is 0. The Labute approximate surface area is 150 Å².